The number of rotatable bonds is 5. The van der Waals surface area contributed by atoms with E-state index in [0.29, 0.717) is 12.1 Å². The fourth-order valence-corrected chi connectivity index (χ4v) is 3.72. The van der Waals surface area contributed by atoms with Crippen molar-refractivity contribution in [1.29, 1.82) is 5.26 Å². The lowest BCUT2D eigenvalue weighted by atomic mass is 10.0. The maximum atomic E-state index is 9.63. The van der Waals surface area contributed by atoms with Crippen LogP contribution in [0.2, 0.25) is 0 Å². The van der Waals surface area contributed by atoms with Gasteiger partial charge in [-0.3, -0.25) is 0 Å². The van der Waals surface area contributed by atoms with E-state index in [1.54, 1.807) is 11.8 Å². The normalized spacial score (nSPS) is 22.1. The second-order valence-electron chi connectivity index (χ2n) is 5.42. The van der Waals surface area contributed by atoms with E-state index in [1.807, 2.05) is 0 Å². The maximum Gasteiger partial charge on any atom is 0.103 e. The van der Waals surface area contributed by atoms with Crippen LogP contribution in [0.3, 0.4) is 0 Å². The zero-order valence-electron chi connectivity index (χ0n) is 13.2. The number of anilines is 1. The number of benzene rings is 1. The van der Waals surface area contributed by atoms with E-state index < -0.39 is 0 Å². The van der Waals surface area contributed by atoms with Gasteiger partial charge in [-0.2, -0.15) is 5.26 Å². The van der Waals surface area contributed by atoms with Crippen molar-refractivity contribution in [2.24, 2.45) is 0 Å². The number of piperazine rings is 1. The molecule has 1 fully saturated rings. The van der Waals surface area contributed by atoms with Crippen LogP contribution in [-0.2, 0) is 0 Å². The molecule has 0 radical (unpaired) electrons. The molecule has 1 aliphatic heterocycles. The second kappa shape index (κ2) is 7.72. The van der Waals surface area contributed by atoms with E-state index in [1.165, 1.54) is 0 Å². The van der Waals surface area contributed by atoms with Gasteiger partial charge in [0.05, 0.1) is 11.3 Å². The number of hydrogen-bond donors (Lipinski definition) is 1. The third kappa shape index (κ3) is 3.53. The van der Waals surface area contributed by atoms with Crippen LogP contribution in [0.15, 0.2) is 23.1 Å². The summed E-state index contributed by atoms with van der Waals surface area (Å²) in [6, 6.07) is 9.69. The number of hydrogen-bond acceptors (Lipinski definition) is 4. The molecule has 1 N–H and O–H groups in total. The highest BCUT2D eigenvalue weighted by molar-refractivity contribution is 7.99. The molecule has 2 unspecified atom stereocenters. The lowest BCUT2D eigenvalue weighted by Gasteiger charge is -2.42. The van der Waals surface area contributed by atoms with E-state index in [-0.39, 0.29) is 0 Å². The summed E-state index contributed by atoms with van der Waals surface area (Å²) in [6.07, 6.45) is 2.22. The van der Waals surface area contributed by atoms with Gasteiger partial charge in [0.1, 0.15) is 6.07 Å². The zero-order valence-corrected chi connectivity index (χ0v) is 14.0. The van der Waals surface area contributed by atoms with Crippen molar-refractivity contribution in [2.45, 2.75) is 50.6 Å². The van der Waals surface area contributed by atoms with Gasteiger partial charge in [0.15, 0.2) is 0 Å². The maximum absolute atomic E-state index is 9.63. The van der Waals surface area contributed by atoms with E-state index >= 15 is 0 Å². The van der Waals surface area contributed by atoms with Crippen molar-refractivity contribution >= 4 is 17.4 Å². The van der Waals surface area contributed by atoms with Crippen LogP contribution in [0.1, 0.15) is 39.2 Å². The summed E-state index contributed by atoms with van der Waals surface area (Å²) >= 11 is 1.76. The fraction of sp³-hybridized carbons (Fsp3) is 0.588. The zero-order chi connectivity index (χ0) is 15.2. The number of nitrogens with one attached hydrogen (secondary N) is 1. The van der Waals surface area contributed by atoms with Gasteiger partial charge in [0.2, 0.25) is 0 Å². The van der Waals surface area contributed by atoms with Gasteiger partial charge in [-0.25, -0.2) is 0 Å². The molecule has 1 saturated heterocycles. The molecule has 0 aliphatic carbocycles. The quantitative estimate of drug-likeness (QED) is 0.843. The first kappa shape index (κ1) is 16.2. The highest BCUT2D eigenvalue weighted by Crippen LogP contribution is 2.32. The Morgan fingerprint density at radius 3 is 2.76 bits per heavy atom. The van der Waals surface area contributed by atoms with Crippen LogP contribution in [-0.4, -0.2) is 30.9 Å². The summed E-state index contributed by atoms with van der Waals surface area (Å²) < 4.78 is 0. The van der Waals surface area contributed by atoms with E-state index in [2.05, 4.69) is 55.3 Å². The molecule has 2 atom stereocenters. The second-order valence-corrected chi connectivity index (χ2v) is 6.73. The topological polar surface area (TPSA) is 39.1 Å². The Labute approximate surface area is 132 Å². The van der Waals surface area contributed by atoms with Gasteiger partial charge in [-0.15, -0.1) is 11.8 Å². The SMILES string of the molecule is CCSc1cccc(N2CC(CC)NCC2CC)c1C#N. The summed E-state index contributed by atoms with van der Waals surface area (Å²) in [5.74, 6) is 0.995. The van der Waals surface area contributed by atoms with Crippen LogP contribution >= 0.6 is 11.8 Å². The first-order valence-electron chi connectivity index (χ1n) is 7.90. The Kier molecular flexibility index (Phi) is 5.96. The molecule has 0 aromatic heterocycles. The molecule has 1 aromatic rings. The van der Waals surface area contributed by atoms with Crippen molar-refractivity contribution in [3.63, 3.8) is 0 Å². The lowest BCUT2D eigenvalue weighted by Crippen LogP contribution is -2.56. The monoisotopic (exact) mass is 303 g/mol. The molecule has 4 heteroatoms. The molecule has 0 saturated carbocycles. The van der Waals surface area contributed by atoms with Gasteiger partial charge >= 0.3 is 0 Å². The molecule has 0 bridgehead atoms. The molecule has 0 spiro atoms. The lowest BCUT2D eigenvalue weighted by molar-refractivity contribution is 0.378. The van der Waals surface area contributed by atoms with Crippen molar-refractivity contribution in [3.8, 4) is 6.07 Å². The highest BCUT2D eigenvalue weighted by Gasteiger charge is 2.28. The number of nitriles is 1. The van der Waals surface area contributed by atoms with E-state index in [4.69, 9.17) is 0 Å². The molecule has 2 rings (SSSR count). The minimum Gasteiger partial charge on any atom is -0.365 e. The molecular weight excluding hydrogens is 278 g/mol. The Balaban J connectivity index is 2.38. The first-order chi connectivity index (χ1) is 10.2. The first-order valence-corrected chi connectivity index (χ1v) is 8.89. The Bertz CT molecular complexity index is 509. The van der Waals surface area contributed by atoms with Crippen molar-refractivity contribution in [3.05, 3.63) is 23.8 Å². The summed E-state index contributed by atoms with van der Waals surface area (Å²) in [4.78, 5) is 3.56. The van der Waals surface area contributed by atoms with Crippen LogP contribution in [0.25, 0.3) is 0 Å². The van der Waals surface area contributed by atoms with Crippen molar-refractivity contribution in [1.82, 2.24) is 5.32 Å². The Morgan fingerprint density at radius 1 is 1.33 bits per heavy atom. The van der Waals surface area contributed by atoms with E-state index in [0.717, 1.165) is 47.8 Å². The molecule has 0 amide bonds. The van der Waals surface area contributed by atoms with E-state index in [9.17, 15) is 5.26 Å². The minimum absolute atomic E-state index is 0.474. The van der Waals surface area contributed by atoms with Crippen molar-refractivity contribution in [2.75, 3.05) is 23.7 Å². The minimum atomic E-state index is 0.474. The fourth-order valence-electron chi connectivity index (χ4n) is 2.94. The highest BCUT2D eigenvalue weighted by atomic mass is 32.2. The predicted octanol–water partition coefficient (Wildman–Crippen LogP) is 3.64. The molecule has 1 heterocycles. The van der Waals surface area contributed by atoms with Crippen LogP contribution in [0, 0.1) is 11.3 Å². The van der Waals surface area contributed by atoms with Gasteiger partial charge in [0, 0.05) is 30.1 Å². The molecule has 114 valence electrons. The van der Waals surface area contributed by atoms with Gasteiger partial charge in [-0.05, 0) is 30.7 Å². The molecule has 21 heavy (non-hydrogen) atoms. The molecule has 1 aliphatic rings. The number of thioether (sulfide) groups is 1. The third-order valence-electron chi connectivity index (χ3n) is 4.19. The molecule has 3 nitrogen and oxygen atoms in total. The van der Waals surface area contributed by atoms with Crippen LogP contribution in [0.4, 0.5) is 5.69 Å². The Hall–Kier alpha value is -1.18. The third-order valence-corrected chi connectivity index (χ3v) is 5.13. The average molecular weight is 303 g/mol. The predicted molar refractivity (Wildman–Crippen MR) is 91.1 cm³/mol. The van der Waals surface area contributed by atoms with Crippen LogP contribution < -0.4 is 10.2 Å². The standard InChI is InChI=1S/C17H25N3S/c1-4-13-12-20(14(5-2)11-19-13)16-8-7-9-17(21-6-3)15(16)10-18/h7-9,13-14,19H,4-6,11-12H2,1-3H3. The van der Waals surface area contributed by atoms with Gasteiger partial charge in [0.25, 0.3) is 0 Å². The Morgan fingerprint density at radius 2 is 2.14 bits per heavy atom. The van der Waals surface area contributed by atoms with Gasteiger partial charge in [-0.1, -0.05) is 26.8 Å². The summed E-state index contributed by atoms with van der Waals surface area (Å²) in [7, 11) is 0. The largest absolute Gasteiger partial charge is 0.365 e. The summed E-state index contributed by atoms with van der Waals surface area (Å²) in [6.45, 7) is 8.57. The molecule has 1 aromatic carbocycles. The van der Waals surface area contributed by atoms with Crippen molar-refractivity contribution < 1.29 is 0 Å². The molecular formula is C17H25N3S. The smallest absolute Gasteiger partial charge is 0.103 e. The number of nitrogens with zero attached hydrogens (tertiary/aromatic N) is 2. The van der Waals surface area contributed by atoms with Gasteiger partial charge < -0.3 is 10.2 Å². The summed E-state index contributed by atoms with van der Waals surface area (Å²) in [5.41, 5.74) is 1.96. The summed E-state index contributed by atoms with van der Waals surface area (Å²) in [5, 5.41) is 13.2. The average Bonchev–Trinajstić information content (AvgIpc) is 2.54. The van der Waals surface area contributed by atoms with Crippen LogP contribution in [0.5, 0.6) is 0 Å².